The summed E-state index contributed by atoms with van der Waals surface area (Å²) < 4.78 is 15.7. The summed E-state index contributed by atoms with van der Waals surface area (Å²) in [4.78, 5) is 4.34. The van der Waals surface area contributed by atoms with Crippen LogP contribution < -0.4 is 5.32 Å². The molecule has 0 aliphatic carbocycles. The first-order valence-corrected chi connectivity index (χ1v) is 5.78. The van der Waals surface area contributed by atoms with Gasteiger partial charge in [-0.15, -0.1) is 0 Å². The summed E-state index contributed by atoms with van der Waals surface area (Å²) in [5, 5.41) is 3.26. The second-order valence-corrected chi connectivity index (χ2v) is 4.39. The van der Waals surface area contributed by atoms with E-state index in [1.807, 2.05) is 17.6 Å². The zero-order valence-electron chi connectivity index (χ0n) is 9.70. The van der Waals surface area contributed by atoms with Gasteiger partial charge in [-0.2, -0.15) is 0 Å². The van der Waals surface area contributed by atoms with Crippen LogP contribution in [0.15, 0.2) is 24.5 Å². The van der Waals surface area contributed by atoms with Crippen molar-refractivity contribution < 1.29 is 4.39 Å². The Morgan fingerprint density at radius 1 is 1.41 bits per heavy atom. The number of halogens is 1. The number of hydrogen-bond acceptors (Lipinski definition) is 2. The van der Waals surface area contributed by atoms with Gasteiger partial charge in [0.15, 0.2) is 0 Å². The van der Waals surface area contributed by atoms with Crippen molar-refractivity contribution in [1.29, 1.82) is 0 Å². The first-order chi connectivity index (χ1) is 8.25. The number of nitrogens with one attached hydrogen (secondary N) is 1. The summed E-state index contributed by atoms with van der Waals surface area (Å²) in [6.07, 6.45) is 2.61. The van der Waals surface area contributed by atoms with Crippen LogP contribution in [0.1, 0.15) is 17.0 Å². The zero-order valence-corrected chi connectivity index (χ0v) is 9.70. The summed E-state index contributed by atoms with van der Waals surface area (Å²) in [5.74, 6) is -0.200. The van der Waals surface area contributed by atoms with Gasteiger partial charge in [0.1, 0.15) is 5.82 Å². The van der Waals surface area contributed by atoms with Crippen LogP contribution in [0, 0.1) is 12.7 Å². The molecule has 1 aromatic carbocycles. The minimum Gasteiger partial charge on any atom is -0.311 e. The molecule has 17 heavy (non-hydrogen) atoms. The van der Waals surface area contributed by atoms with Crippen molar-refractivity contribution in [3.63, 3.8) is 0 Å². The number of fused-ring (bicyclic) bond motifs is 1. The molecule has 0 fully saturated rings. The van der Waals surface area contributed by atoms with Crippen molar-refractivity contribution in [2.45, 2.75) is 19.9 Å². The largest absolute Gasteiger partial charge is 0.311 e. The number of rotatable bonds is 1. The molecule has 0 amide bonds. The molecule has 3 rings (SSSR count). The molecule has 0 bridgehead atoms. The molecule has 3 nitrogen and oxygen atoms in total. The Kier molecular flexibility index (Phi) is 2.44. The molecular weight excluding hydrogens is 217 g/mol. The highest BCUT2D eigenvalue weighted by molar-refractivity contribution is 5.40. The number of imidazole rings is 1. The smallest absolute Gasteiger partial charge is 0.147 e. The van der Waals surface area contributed by atoms with Gasteiger partial charge in [-0.1, -0.05) is 6.07 Å². The van der Waals surface area contributed by atoms with E-state index in [0.29, 0.717) is 5.69 Å². The summed E-state index contributed by atoms with van der Waals surface area (Å²) >= 11 is 0. The van der Waals surface area contributed by atoms with Crippen LogP contribution in [-0.4, -0.2) is 16.1 Å². The number of aromatic nitrogens is 2. The highest BCUT2D eigenvalue weighted by Crippen LogP contribution is 2.21. The third-order valence-electron chi connectivity index (χ3n) is 3.15. The highest BCUT2D eigenvalue weighted by atomic mass is 19.1. The van der Waals surface area contributed by atoms with Gasteiger partial charge in [0.2, 0.25) is 0 Å². The monoisotopic (exact) mass is 231 g/mol. The Morgan fingerprint density at radius 2 is 2.29 bits per heavy atom. The fourth-order valence-electron chi connectivity index (χ4n) is 2.25. The van der Waals surface area contributed by atoms with Crippen LogP contribution in [0.4, 0.5) is 4.39 Å². The second-order valence-electron chi connectivity index (χ2n) is 4.39. The van der Waals surface area contributed by atoms with E-state index >= 15 is 0 Å². The van der Waals surface area contributed by atoms with Crippen LogP contribution in [0.2, 0.25) is 0 Å². The van der Waals surface area contributed by atoms with E-state index in [-0.39, 0.29) is 5.82 Å². The molecule has 2 heterocycles. The van der Waals surface area contributed by atoms with E-state index in [9.17, 15) is 4.39 Å². The van der Waals surface area contributed by atoms with Gasteiger partial charge in [0.25, 0.3) is 0 Å². The van der Waals surface area contributed by atoms with Gasteiger partial charge in [-0.05, 0) is 24.6 Å². The Morgan fingerprint density at radius 3 is 3.18 bits per heavy atom. The Bertz CT molecular complexity index is 560. The predicted molar refractivity (Wildman–Crippen MR) is 63.7 cm³/mol. The minimum atomic E-state index is -0.200. The molecule has 1 N–H and O–H groups in total. The molecule has 0 radical (unpaired) electrons. The fourth-order valence-corrected chi connectivity index (χ4v) is 2.25. The SMILES string of the molecule is Cc1ccc(F)c(-n2cnc3c2CCNC3)c1. The standard InChI is InChI=1S/C13H14FN3/c1-9-2-3-10(14)13(6-9)17-8-16-11-7-15-5-4-12(11)17/h2-3,6,8,15H,4-5,7H2,1H3. The summed E-state index contributed by atoms with van der Waals surface area (Å²) in [5.41, 5.74) is 3.80. The van der Waals surface area contributed by atoms with Crippen LogP contribution in [-0.2, 0) is 13.0 Å². The van der Waals surface area contributed by atoms with E-state index in [1.54, 1.807) is 12.4 Å². The van der Waals surface area contributed by atoms with E-state index in [0.717, 1.165) is 36.5 Å². The van der Waals surface area contributed by atoms with E-state index in [2.05, 4.69) is 10.3 Å². The van der Waals surface area contributed by atoms with Crippen LogP contribution in [0.3, 0.4) is 0 Å². The zero-order chi connectivity index (χ0) is 11.8. The molecule has 4 heteroatoms. The lowest BCUT2D eigenvalue weighted by Gasteiger charge is -2.15. The maximum absolute atomic E-state index is 13.8. The van der Waals surface area contributed by atoms with Crippen LogP contribution in [0.25, 0.3) is 5.69 Å². The number of nitrogens with zero attached hydrogens (tertiary/aromatic N) is 2. The molecule has 88 valence electrons. The molecule has 2 aromatic rings. The predicted octanol–water partition coefficient (Wildman–Crippen LogP) is 1.97. The fraction of sp³-hybridized carbons (Fsp3) is 0.308. The minimum absolute atomic E-state index is 0.200. The third-order valence-corrected chi connectivity index (χ3v) is 3.15. The molecule has 1 aliphatic rings. The number of hydrogen-bond donors (Lipinski definition) is 1. The van der Waals surface area contributed by atoms with Crippen molar-refractivity contribution in [2.24, 2.45) is 0 Å². The summed E-state index contributed by atoms with van der Waals surface area (Å²) in [6.45, 7) is 3.66. The maximum Gasteiger partial charge on any atom is 0.147 e. The topological polar surface area (TPSA) is 29.9 Å². The van der Waals surface area contributed by atoms with Crippen molar-refractivity contribution in [3.05, 3.63) is 47.3 Å². The Hall–Kier alpha value is -1.68. The molecule has 1 aromatic heterocycles. The lowest BCUT2D eigenvalue weighted by Crippen LogP contribution is -2.24. The van der Waals surface area contributed by atoms with Crippen molar-refractivity contribution in [3.8, 4) is 5.69 Å². The Labute approximate surface area is 99.3 Å². The van der Waals surface area contributed by atoms with Crippen LogP contribution in [0.5, 0.6) is 0 Å². The average Bonchev–Trinajstić information content (AvgIpc) is 2.76. The second kappa shape index (κ2) is 3.96. The highest BCUT2D eigenvalue weighted by Gasteiger charge is 2.17. The van der Waals surface area contributed by atoms with E-state index in [4.69, 9.17) is 0 Å². The first-order valence-electron chi connectivity index (χ1n) is 5.78. The van der Waals surface area contributed by atoms with Gasteiger partial charge in [-0.3, -0.25) is 4.57 Å². The molecular formula is C13H14FN3. The van der Waals surface area contributed by atoms with Crippen molar-refractivity contribution in [1.82, 2.24) is 14.9 Å². The molecule has 0 saturated carbocycles. The van der Waals surface area contributed by atoms with Crippen molar-refractivity contribution in [2.75, 3.05) is 6.54 Å². The van der Waals surface area contributed by atoms with Gasteiger partial charge < -0.3 is 5.32 Å². The quantitative estimate of drug-likeness (QED) is 0.813. The van der Waals surface area contributed by atoms with Gasteiger partial charge >= 0.3 is 0 Å². The third kappa shape index (κ3) is 1.74. The lowest BCUT2D eigenvalue weighted by atomic mass is 10.1. The Balaban J connectivity index is 2.15. The molecule has 0 saturated heterocycles. The summed E-state index contributed by atoms with van der Waals surface area (Å²) in [7, 11) is 0. The van der Waals surface area contributed by atoms with E-state index < -0.39 is 0 Å². The molecule has 0 unspecified atom stereocenters. The normalized spacial score (nSPS) is 14.7. The molecule has 1 aliphatic heterocycles. The van der Waals surface area contributed by atoms with E-state index in [1.165, 1.54) is 6.07 Å². The first kappa shape index (κ1) is 10.5. The van der Waals surface area contributed by atoms with Gasteiger partial charge in [-0.25, -0.2) is 9.37 Å². The number of benzene rings is 1. The number of aryl methyl sites for hydroxylation is 1. The van der Waals surface area contributed by atoms with Crippen LogP contribution >= 0.6 is 0 Å². The van der Waals surface area contributed by atoms with Gasteiger partial charge in [0, 0.05) is 25.2 Å². The lowest BCUT2D eigenvalue weighted by molar-refractivity contribution is 0.600. The van der Waals surface area contributed by atoms with Gasteiger partial charge in [0.05, 0.1) is 17.7 Å². The van der Waals surface area contributed by atoms with Crippen molar-refractivity contribution >= 4 is 0 Å². The molecule has 0 spiro atoms. The maximum atomic E-state index is 13.8. The molecule has 0 atom stereocenters. The summed E-state index contributed by atoms with van der Waals surface area (Å²) in [6, 6.07) is 5.15. The average molecular weight is 231 g/mol.